The number of carbonyl (C=O) groups is 1. The molecule has 106 valence electrons. The van der Waals surface area contributed by atoms with Crippen molar-refractivity contribution in [3.8, 4) is 0 Å². The Balaban J connectivity index is 2.00. The highest BCUT2D eigenvalue weighted by Crippen LogP contribution is 2.15. The average molecular weight is 279 g/mol. The lowest BCUT2D eigenvalue weighted by atomic mass is 10.1. The second kappa shape index (κ2) is 5.17. The second-order valence-corrected chi connectivity index (χ2v) is 5.47. The van der Waals surface area contributed by atoms with E-state index in [4.69, 9.17) is 0 Å². The second-order valence-electron chi connectivity index (χ2n) is 5.47. The number of imidazole rings is 1. The number of nitrogens with zero attached hydrogens (tertiary/aromatic N) is 2. The van der Waals surface area contributed by atoms with Crippen LogP contribution in [0.15, 0.2) is 48.5 Å². The van der Waals surface area contributed by atoms with E-state index in [1.54, 1.807) is 0 Å². The maximum absolute atomic E-state index is 12.5. The minimum Gasteiger partial charge on any atom is -0.290 e. The summed E-state index contributed by atoms with van der Waals surface area (Å²) in [6.45, 7) is 4.44. The van der Waals surface area contributed by atoms with Gasteiger partial charge in [-0.2, -0.15) is 0 Å². The number of hydrogen-bond acceptors (Lipinski definition) is 1. The van der Waals surface area contributed by atoms with Gasteiger partial charge in [-0.3, -0.25) is 4.79 Å². The van der Waals surface area contributed by atoms with Gasteiger partial charge in [0.15, 0.2) is 17.6 Å². The molecule has 3 nitrogen and oxygen atoms in total. The van der Waals surface area contributed by atoms with E-state index >= 15 is 0 Å². The lowest BCUT2D eigenvalue weighted by Crippen LogP contribution is -2.31. The Labute approximate surface area is 124 Å². The number of Topliss-reactive ketones (excluding diaryl/α,β-unsaturated/α-hetero) is 1. The van der Waals surface area contributed by atoms with Crippen LogP contribution in [0.2, 0.25) is 0 Å². The molecule has 3 rings (SSSR count). The van der Waals surface area contributed by atoms with Crippen LogP contribution in [0.5, 0.6) is 0 Å². The molecule has 1 heterocycles. The van der Waals surface area contributed by atoms with E-state index in [1.807, 2.05) is 57.3 Å². The van der Waals surface area contributed by atoms with E-state index in [0.29, 0.717) is 6.54 Å². The van der Waals surface area contributed by atoms with Gasteiger partial charge in [-0.25, -0.2) is 9.13 Å². The van der Waals surface area contributed by atoms with Gasteiger partial charge in [0.25, 0.3) is 5.82 Å². The van der Waals surface area contributed by atoms with Crippen molar-refractivity contribution in [3.05, 3.63) is 65.5 Å². The molecule has 0 unspecified atom stereocenters. The summed E-state index contributed by atoms with van der Waals surface area (Å²) in [6, 6.07) is 15.9. The molecule has 0 aliphatic rings. The number of carbonyl (C=O) groups excluding carboxylic acids is 1. The van der Waals surface area contributed by atoms with Crippen LogP contribution in [-0.4, -0.2) is 10.4 Å². The predicted octanol–water partition coefficient (Wildman–Crippen LogP) is 2.97. The molecule has 0 N–H and O–H groups in total. The Hall–Kier alpha value is -2.42. The summed E-state index contributed by atoms with van der Waals surface area (Å²) >= 11 is 0. The number of aromatic nitrogens is 2. The molecule has 3 heteroatoms. The Kier molecular flexibility index (Phi) is 3.34. The van der Waals surface area contributed by atoms with Gasteiger partial charge >= 0.3 is 0 Å². The maximum Gasteiger partial charge on any atom is 0.254 e. The lowest BCUT2D eigenvalue weighted by molar-refractivity contribution is -0.652. The van der Waals surface area contributed by atoms with Crippen LogP contribution < -0.4 is 4.57 Å². The van der Waals surface area contributed by atoms with Gasteiger partial charge in [-0.05, 0) is 19.1 Å². The summed E-state index contributed by atoms with van der Waals surface area (Å²) in [5.74, 6) is 1.22. The molecule has 0 fully saturated rings. The van der Waals surface area contributed by atoms with E-state index in [1.165, 1.54) is 5.56 Å². The Morgan fingerprint density at radius 3 is 2.43 bits per heavy atom. The molecular formula is C18H19N2O+. The van der Waals surface area contributed by atoms with Crippen LogP contribution in [0.1, 0.15) is 21.7 Å². The van der Waals surface area contributed by atoms with E-state index < -0.39 is 0 Å². The molecule has 2 aromatic carbocycles. The van der Waals surface area contributed by atoms with Gasteiger partial charge in [-0.1, -0.05) is 42.0 Å². The first-order valence-corrected chi connectivity index (χ1v) is 7.11. The topological polar surface area (TPSA) is 25.9 Å². The van der Waals surface area contributed by atoms with E-state index in [-0.39, 0.29) is 5.78 Å². The van der Waals surface area contributed by atoms with Gasteiger partial charge < -0.3 is 0 Å². The van der Waals surface area contributed by atoms with Gasteiger partial charge in [0.1, 0.15) is 0 Å². The quantitative estimate of drug-likeness (QED) is 0.534. The Bertz CT molecular complexity index is 813. The first-order chi connectivity index (χ1) is 10.1. The Morgan fingerprint density at radius 1 is 1.05 bits per heavy atom. The van der Waals surface area contributed by atoms with Crippen molar-refractivity contribution >= 4 is 16.8 Å². The fourth-order valence-corrected chi connectivity index (χ4v) is 2.68. The molecule has 0 spiro atoms. The zero-order chi connectivity index (χ0) is 15.0. The number of hydrogen-bond donors (Lipinski definition) is 0. The summed E-state index contributed by atoms with van der Waals surface area (Å²) < 4.78 is 4.20. The first-order valence-electron chi connectivity index (χ1n) is 7.11. The van der Waals surface area contributed by atoms with Crippen molar-refractivity contribution in [1.29, 1.82) is 0 Å². The molecule has 0 aliphatic heterocycles. The van der Waals surface area contributed by atoms with E-state index in [0.717, 1.165) is 22.4 Å². The number of benzene rings is 2. The average Bonchev–Trinajstić information content (AvgIpc) is 2.73. The highest BCUT2D eigenvalue weighted by atomic mass is 16.1. The molecule has 0 aliphatic carbocycles. The third kappa shape index (κ3) is 2.35. The molecule has 0 saturated carbocycles. The highest BCUT2D eigenvalue weighted by molar-refractivity contribution is 5.96. The van der Waals surface area contributed by atoms with Gasteiger partial charge in [0.2, 0.25) is 5.78 Å². The van der Waals surface area contributed by atoms with Crippen LogP contribution in [0.4, 0.5) is 0 Å². The van der Waals surface area contributed by atoms with E-state index in [9.17, 15) is 4.79 Å². The zero-order valence-corrected chi connectivity index (χ0v) is 12.6. The molecule has 3 aromatic rings. The predicted molar refractivity (Wildman–Crippen MR) is 83.4 cm³/mol. The van der Waals surface area contributed by atoms with Crippen LogP contribution in [0.25, 0.3) is 11.0 Å². The van der Waals surface area contributed by atoms with Crippen molar-refractivity contribution in [2.45, 2.75) is 20.4 Å². The van der Waals surface area contributed by atoms with Crippen LogP contribution in [-0.2, 0) is 13.6 Å². The number of para-hydroxylation sites is 2. The number of rotatable bonds is 3. The third-order valence-electron chi connectivity index (χ3n) is 4.09. The highest BCUT2D eigenvalue weighted by Gasteiger charge is 2.21. The van der Waals surface area contributed by atoms with Gasteiger partial charge in [0, 0.05) is 12.5 Å². The number of ketones is 1. The fourth-order valence-electron chi connectivity index (χ4n) is 2.68. The van der Waals surface area contributed by atoms with Crippen molar-refractivity contribution in [2.24, 2.45) is 7.05 Å². The van der Waals surface area contributed by atoms with Crippen molar-refractivity contribution in [2.75, 3.05) is 0 Å². The zero-order valence-electron chi connectivity index (χ0n) is 12.6. The summed E-state index contributed by atoms with van der Waals surface area (Å²) in [6.07, 6.45) is 0. The fraction of sp³-hybridized carbons (Fsp3) is 0.222. The van der Waals surface area contributed by atoms with Gasteiger partial charge in [-0.15, -0.1) is 0 Å². The summed E-state index contributed by atoms with van der Waals surface area (Å²) in [5, 5.41) is 0. The molecule has 21 heavy (non-hydrogen) atoms. The maximum atomic E-state index is 12.5. The number of aryl methyl sites for hydroxylation is 2. The summed E-state index contributed by atoms with van der Waals surface area (Å²) in [7, 11) is 2.03. The van der Waals surface area contributed by atoms with Crippen LogP contribution in [0.3, 0.4) is 0 Å². The monoisotopic (exact) mass is 279 g/mol. The van der Waals surface area contributed by atoms with Crippen molar-refractivity contribution < 1.29 is 9.36 Å². The molecular weight excluding hydrogens is 260 g/mol. The van der Waals surface area contributed by atoms with Crippen LogP contribution >= 0.6 is 0 Å². The molecule has 0 radical (unpaired) electrons. The van der Waals surface area contributed by atoms with E-state index in [2.05, 4.69) is 21.3 Å². The van der Waals surface area contributed by atoms with Crippen molar-refractivity contribution in [1.82, 2.24) is 4.57 Å². The Morgan fingerprint density at radius 2 is 1.71 bits per heavy atom. The SMILES string of the molecule is Cc1ccc(C(=O)Cn2c(C)[n+](C)c3ccccc32)cc1. The standard InChI is InChI=1S/C18H19N2O/c1-13-8-10-15(11-9-13)18(21)12-20-14(2)19(3)16-6-4-5-7-17(16)20/h4-11H,12H2,1-3H3/q+1. The van der Waals surface area contributed by atoms with Gasteiger partial charge in [0.05, 0.1) is 7.05 Å². The number of fused-ring (bicyclic) bond motifs is 1. The summed E-state index contributed by atoms with van der Waals surface area (Å²) in [5.41, 5.74) is 4.17. The summed E-state index contributed by atoms with van der Waals surface area (Å²) in [4.78, 5) is 12.5. The normalized spacial score (nSPS) is 11.0. The smallest absolute Gasteiger partial charge is 0.254 e. The van der Waals surface area contributed by atoms with Crippen molar-refractivity contribution in [3.63, 3.8) is 0 Å². The minimum atomic E-state index is 0.138. The largest absolute Gasteiger partial charge is 0.290 e. The minimum absolute atomic E-state index is 0.138. The molecule has 0 atom stereocenters. The lowest BCUT2D eigenvalue weighted by Gasteiger charge is -2.01. The molecule has 1 aromatic heterocycles. The first kappa shape index (κ1) is 13.6. The third-order valence-corrected chi connectivity index (χ3v) is 4.09. The molecule has 0 amide bonds. The molecule has 0 bridgehead atoms. The molecule has 0 saturated heterocycles. The van der Waals surface area contributed by atoms with Crippen LogP contribution in [0, 0.1) is 13.8 Å².